The summed E-state index contributed by atoms with van der Waals surface area (Å²) in [6.45, 7) is 13.6. The average molecular weight is 342 g/mol. The van der Waals surface area contributed by atoms with Crippen molar-refractivity contribution in [3.8, 4) is 6.07 Å². The molecule has 4 aliphatic rings. The van der Waals surface area contributed by atoms with Gasteiger partial charge >= 0.3 is 0 Å². The summed E-state index contributed by atoms with van der Waals surface area (Å²) in [6, 6.07) is 2.71. The Hall–Kier alpha value is -0.770. The maximum absolute atomic E-state index is 9.71. The molecule has 25 heavy (non-hydrogen) atoms. The van der Waals surface area contributed by atoms with Gasteiger partial charge in [-0.05, 0) is 85.4 Å². The van der Waals surface area contributed by atoms with E-state index in [1.54, 1.807) is 0 Å². The zero-order valence-corrected chi connectivity index (χ0v) is 16.9. The highest BCUT2D eigenvalue weighted by molar-refractivity contribution is 5.14. The van der Waals surface area contributed by atoms with Crippen molar-refractivity contribution >= 4 is 0 Å². The van der Waals surface area contributed by atoms with E-state index in [4.69, 9.17) is 0 Å². The first kappa shape index (κ1) is 19.0. The van der Waals surface area contributed by atoms with Gasteiger partial charge < -0.3 is 0 Å². The SMILES string of the molecule is C=C.CCC1CC2(C)C(C#N)CCC2C2CCC3CCCCC3(C)C12. The minimum atomic E-state index is 0.328. The molecule has 0 aromatic carbocycles. The lowest BCUT2D eigenvalue weighted by Gasteiger charge is -2.63. The van der Waals surface area contributed by atoms with E-state index in [0.717, 1.165) is 29.6 Å². The van der Waals surface area contributed by atoms with Gasteiger partial charge in [0.15, 0.2) is 0 Å². The van der Waals surface area contributed by atoms with Crippen LogP contribution in [0.3, 0.4) is 0 Å². The molecule has 1 heteroatoms. The number of rotatable bonds is 1. The van der Waals surface area contributed by atoms with Gasteiger partial charge in [0.1, 0.15) is 0 Å². The van der Waals surface area contributed by atoms with Crippen LogP contribution in [-0.2, 0) is 0 Å². The summed E-state index contributed by atoms with van der Waals surface area (Å²) in [6.07, 6.45) is 14.1. The van der Waals surface area contributed by atoms with Crippen LogP contribution >= 0.6 is 0 Å². The lowest BCUT2D eigenvalue weighted by molar-refractivity contribution is -0.139. The third kappa shape index (κ3) is 2.70. The molecular weight excluding hydrogens is 302 g/mol. The van der Waals surface area contributed by atoms with Crippen LogP contribution in [0.4, 0.5) is 0 Å². The van der Waals surface area contributed by atoms with Gasteiger partial charge in [-0.1, -0.05) is 40.0 Å². The van der Waals surface area contributed by atoms with Crippen molar-refractivity contribution in [2.75, 3.05) is 0 Å². The molecule has 0 radical (unpaired) electrons. The third-order valence-corrected chi connectivity index (χ3v) is 9.34. The van der Waals surface area contributed by atoms with E-state index in [2.05, 4.69) is 40.0 Å². The molecule has 0 aliphatic heterocycles. The first-order chi connectivity index (χ1) is 12.0. The van der Waals surface area contributed by atoms with Gasteiger partial charge in [0, 0.05) is 0 Å². The van der Waals surface area contributed by atoms with Crippen LogP contribution < -0.4 is 0 Å². The average Bonchev–Trinajstić information content (AvgIpc) is 2.98. The smallest absolute Gasteiger partial charge is 0.0661 e. The molecule has 4 fully saturated rings. The predicted octanol–water partition coefficient (Wildman–Crippen LogP) is 7.00. The molecule has 4 rings (SSSR count). The summed E-state index contributed by atoms with van der Waals surface area (Å²) in [5, 5.41) is 9.71. The largest absolute Gasteiger partial charge is 0.198 e. The molecule has 140 valence electrons. The minimum absolute atomic E-state index is 0.328. The monoisotopic (exact) mass is 341 g/mol. The fourth-order valence-corrected chi connectivity index (χ4v) is 8.31. The Kier molecular flexibility index (Phi) is 5.39. The molecule has 0 amide bonds. The van der Waals surface area contributed by atoms with E-state index in [9.17, 15) is 5.26 Å². The van der Waals surface area contributed by atoms with Crippen molar-refractivity contribution in [1.82, 2.24) is 0 Å². The summed E-state index contributed by atoms with van der Waals surface area (Å²) in [7, 11) is 0. The summed E-state index contributed by atoms with van der Waals surface area (Å²) in [5.74, 6) is 4.95. The molecule has 0 heterocycles. The molecule has 0 spiro atoms. The van der Waals surface area contributed by atoms with Crippen LogP contribution in [0.1, 0.15) is 85.0 Å². The van der Waals surface area contributed by atoms with Crippen LogP contribution in [-0.4, -0.2) is 0 Å². The second-order valence-electron chi connectivity index (χ2n) is 9.96. The van der Waals surface area contributed by atoms with E-state index in [-0.39, 0.29) is 0 Å². The second-order valence-corrected chi connectivity index (χ2v) is 9.96. The van der Waals surface area contributed by atoms with Crippen molar-refractivity contribution in [2.45, 2.75) is 85.0 Å². The van der Waals surface area contributed by atoms with Crippen molar-refractivity contribution in [3.05, 3.63) is 13.2 Å². The normalized spacial score (nSPS) is 51.1. The first-order valence-electron chi connectivity index (χ1n) is 10.9. The minimum Gasteiger partial charge on any atom is -0.198 e. The van der Waals surface area contributed by atoms with Gasteiger partial charge in [-0.2, -0.15) is 5.26 Å². The highest BCUT2D eigenvalue weighted by Crippen LogP contribution is 2.69. The standard InChI is InChI=1S/C22H35N.C2H4/c1-4-15-13-22(3)17(14-23)9-11-19(22)18-10-8-16-7-5-6-12-21(16,2)20(15)18;1-2/h15-20H,4-13H2,1-3H3;1-2H2. The van der Waals surface area contributed by atoms with Crippen molar-refractivity contribution in [1.29, 1.82) is 5.26 Å². The van der Waals surface area contributed by atoms with Gasteiger partial charge in [0.2, 0.25) is 0 Å². The third-order valence-electron chi connectivity index (χ3n) is 9.34. The van der Waals surface area contributed by atoms with Crippen LogP contribution in [0.2, 0.25) is 0 Å². The van der Waals surface area contributed by atoms with E-state index in [1.165, 1.54) is 64.2 Å². The van der Waals surface area contributed by atoms with Gasteiger partial charge in [-0.15, -0.1) is 13.2 Å². The van der Waals surface area contributed by atoms with E-state index >= 15 is 0 Å². The molecule has 0 N–H and O–H groups in total. The van der Waals surface area contributed by atoms with Crippen molar-refractivity contribution in [2.24, 2.45) is 46.3 Å². The zero-order valence-electron chi connectivity index (χ0n) is 16.9. The number of hydrogen-bond donors (Lipinski definition) is 0. The Balaban J connectivity index is 0.000000880. The second kappa shape index (κ2) is 7.09. The van der Waals surface area contributed by atoms with Gasteiger partial charge in [0.05, 0.1) is 12.0 Å². The molecule has 0 bridgehead atoms. The fourth-order valence-electron chi connectivity index (χ4n) is 8.31. The molecule has 4 aliphatic carbocycles. The number of nitriles is 1. The summed E-state index contributed by atoms with van der Waals surface area (Å²) in [4.78, 5) is 0. The summed E-state index contributed by atoms with van der Waals surface area (Å²) < 4.78 is 0. The molecule has 0 aromatic heterocycles. The Morgan fingerprint density at radius 1 is 1.00 bits per heavy atom. The molecule has 0 saturated heterocycles. The highest BCUT2D eigenvalue weighted by atomic mass is 14.7. The Labute approximate surface area is 156 Å². The fraction of sp³-hybridized carbons (Fsp3) is 0.875. The van der Waals surface area contributed by atoms with Crippen LogP contribution in [0.15, 0.2) is 13.2 Å². The Bertz CT molecular complexity index is 519. The summed E-state index contributed by atoms with van der Waals surface area (Å²) in [5.41, 5.74) is 0.947. The molecular formula is C24H39N. The molecule has 1 nitrogen and oxygen atoms in total. The van der Waals surface area contributed by atoms with E-state index in [1.807, 2.05) is 0 Å². The topological polar surface area (TPSA) is 23.8 Å². The van der Waals surface area contributed by atoms with Crippen molar-refractivity contribution in [3.63, 3.8) is 0 Å². The Morgan fingerprint density at radius 3 is 2.44 bits per heavy atom. The number of fused-ring (bicyclic) bond motifs is 5. The molecule has 8 unspecified atom stereocenters. The quantitative estimate of drug-likeness (QED) is 0.471. The van der Waals surface area contributed by atoms with E-state index < -0.39 is 0 Å². The zero-order chi connectivity index (χ0) is 18.2. The van der Waals surface area contributed by atoms with Crippen LogP contribution in [0.5, 0.6) is 0 Å². The lowest BCUT2D eigenvalue weighted by atomic mass is 9.42. The molecule has 4 saturated carbocycles. The molecule has 0 aromatic rings. The van der Waals surface area contributed by atoms with Crippen molar-refractivity contribution < 1.29 is 0 Å². The summed E-state index contributed by atoms with van der Waals surface area (Å²) >= 11 is 0. The van der Waals surface area contributed by atoms with Crippen LogP contribution in [0, 0.1) is 57.7 Å². The van der Waals surface area contributed by atoms with Crippen LogP contribution in [0.25, 0.3) is 0 Å². The number of hydrogen-bond acceptors (Lipinski definition) is 1. The lowest BCUT2D eigenvalue weighted by Crippen LogP contribution is -2.56. The maximum atomic E-state index is 9.71. The van der Waals surface area contributed by atoms with Gasteiger partial charge in [-0.3, -0.25) is 0 Å². The van der Waals surface area contributed by atoms with Gasteiger partial charge in [-0.25, -0.2) is 0 Å². The highest BCUT2D eigenvalue weighted by Gasteiger charge is 2.62. The van der Waals surface area contributed by atoms with Gasteiger partial charge in [0.25, 0.3) is 0 Å². The molecule has 8 atom stereocenters. The first-order valence-corrected chi connectivity index (χ1v) is 10.9. The number of nitrogens with zero attached hydrogens (tertiary/aromatic N) is 1. The predicted molar refractivity (Wildman–Crippen MR) is 106 cm³/mol. The Morgan fingerprint density at radius 2 is 1.76 bits per heavy atom. The van der Waals surface area contributed by atoms with E-state index in [0.29, 0.717) is 16.7 Å². The maximum Gasteiger partial charge on any atom is 0.0661 e.